The van der Waals surface area contributed by atoms with E-state index in [0.29, 0.717) is 0 Å². The Morgan fingerprint density at radius 1 is 0.694 bits per heavy atom. The molecule has 1 heterocycles. The number of amides is 4. The molecule has 12 heteroatoms. The highest BCUT2D eigenvalue weighted by molar-refractivity contribution is 6.32. The average molecular weight is 495 g/mol. The van der Waals surface area contributed by atoms with Gasteiger partial charge in [0.25, 0.3) is 0 Å². The molecule has 1 aliphatic rings. The second-order valence-electron chi connectivity index (χ2n) is 8.11. The third-order valence-corrected chi connectivity index (χ3v) is 5.50. The van der Waals surface area contributed by atoms with Crippen molar-refractivity contribution in [2.24, 2.45) is 0 Å². The van der Waals surface area contributed by atoms with Gasteiger partial charge in [-0.1, -0.05) is 24.3 Å². The Balaban J connectivity index is 2.21. The maximum absolute atomic E-state index is 13.6. The number of rotatable bonds is 8. The molecule has 0 aliphatic heterocycles. The van der Waals surface area contributed by atoms with Crippen LogP contribution in [-0.2, 0) is 19.2 Å². The normalized spacial score (nSPS) is 11.8. The minimum atomic E-state index is -0.553. The van der Waals surface area contributed by atoms with E-state index < -0.39 is 23.4 Å². The van der Waals surface area contributed by atoms with Gasteiger partial charge in [-0.3, -0.25) is 38.6 Å². The molecule has 1 aromatic carbocycles. The molecule has 12 nitrogen and oxygen atoms in total. The van der Waals surface area contributed by atoms with Crippen LogP contribution in [0.2, 0.25) is 0 Å². The Morgan fingerprint density at radius 2 is 1.06 bits per heavy atom. The van der Waals surface area contributed by atoms with E-state index in [1.807, 2.05) is 0 Å². The van der Waals surface area contributed by atoms with Gasteiger partial charge >= 0.3 is 0 Å². The minimum Gasteiger partial charge on any atom is -0.355 e. The molecule has 0 spiro atoms. The fourth-order valence-electron chi connectivity index (χ4n) is 3.89. The van der Waals surface area contributed by atoms with Crippen molar-refractivity contribution in [2.45, 2.75) is 27.7 Å². The van der Waals surface area contributed by atoms with Crippen molar-refractivity contribution in [3.63, 3.8) is 0 Å². The minimum absolute atomic E-state index is 0.0303. The largest absolute Gasteiger partial charge is 0.355 e. The molecule has 3 rings (SSSR count). The van der Waals surface area contributed by atoms with Crippen molar-refractivity contribution in [3.05, 3.63) is 46.5 Å². The van der Waals surface area contributed by atoms with E-state index in [2.05, 4.69) is 20.8 Å². The molecule has 0 saturated heterocycles. The number of carbonyl (C=O) groups is 6. The summed E-state index contributed by atoms with van der Waals surface area (Å²) in [5.41, 5.74) is -0.0543. The summed E-state index contributed by atoms with van der Waals surface area (Å²) in [5.74, 6) is -2.99. The Labute approximate surface area is 207 Å². The van der Waals surface area contributed by atoms with Crippen molar-refractivity contribution in [2.75, 3.05) is 36.0 Å². The van der Waals surface area contributed by atoms with E-state index in [4.69, 9.17) is 0 Å². The Morgan fingerprint density at radius 3 is 1.36 bits per heavy atom. The highest BCUT2D eigenvalue weighted by Gasteiger charge is 2.39. The molecule has 2 N–H and O–H groups in total. The molecule has 0 saturated carbocycles. The molecule has 1 aliphatic carbocycles. The lowest BCUT2D eigenvalue weighted by molar-refractivity contribution is -0.120. The van der Waals surface area contributed by atoms with Crippen LogP contribution in [0.15, 0.2) is 24.3 Å². The third-order valence-electron chi connectivity index (χ3n) is 5.50. The number of nitrogens with zero attached hydrogens (tertiary/aromatic N) is 4. The number of hydrogen-bond acceptors (Lipinski definition) is 8. The highest BCUT2D eigenvalue weighted by Crippen LogP contribution is 2.36. The zero-order valence-corrected chi connectivity index (χ0v) is 20.4. The lowest BCUT2D eigenvalue weighted by atomic mass is 9.84. The topological polar surface area (TPSA) is 159 Å². The highest BCUT2D eigenvalue weighted by atomic mass is 16.2. The van der Waals surface area contributed by atoms with Crippen LogP contribution in [0, 0.1) is 0 Å². The van der Waals surface area contributed by atoms with Crippen LogP contribution in [-0.4, -0.2) is 71.6 Å². The number of fused-ring (bicyclic) bond motifs is 2. The van der Waals surface area contributed by atoms with Gasteiger partial charge in [-0.15, -0.1) is 10.2 Å². The first-order valence-electron chi connectivity index (χ1n) is 11.2. The Hall–Kier alpha value is -4.48. The SMILES string of the molecule is CC(=O)NCCN(C(C)=O)c1nnc(N(CCNC(C)=O)C(C)=O)c2c1C(=O)c1ccccc1C2=O. The van der Waals surface area contributed by atoms with Crippen molar-refractivity contribution in [1.82, 2.24) is 20.8 Å². The number of anilines is 2. The number of ketones is 2. The number of benzene rings is 1. The summed E-state index contributed by atoms with van der Waals surface area (Å²) in [6, 6.07) is 6.21. The lowest BCUT2D eigenvalue weighted by Crippen LogP contribution is -2.41. The maximum Gasteiger partial charge on any atom is 0.225 e. The number of carbonyl (C=O) groups excluding carboxylic acids is 6. The van der Waals surface area contributed by atoms with Crippen molar-refractivity contribution in [1.29, 1.82) is 0 Å². The number of nitrogens with one attached hydrogen (secondary N) is 2. The first-order valence-corrected chi connectivity index (χ1v) is 11.2. The molecule has 0 unspecified atom stereocenters. The van der Waals surface area contributed by atoms with E-state index in [9.17, 15) is 28.8 Å². The monoisotopic (exact) mass is 494 g/mol. The quantitative estimate of drug-likeness (QED) is 0.450. The molecular weight excluding hydrogens is 468 g/mol. The lowest BCUT2D eigenvalue weighted by Gasteiger charge is -2.29. The van der Waals surface area contributed by atoms with Gasteiger partial charge in [0.1, 0.15) is 0 Å². The second-order valence-corrected chi connectivity index (χ2v) is 8.11. The zero-order valence-electron chi connectivity index (χ0n) is 20.4. The summed E-state index contributed by atoms with van der Waals surface area (Å²) >= 11 is 0. The van der Waals surface area contributed by atoms with Gasteiger partial charge in [-0.05, 0) is 0 Å². The molecule has 0 atom stereocenters. The van der Waals surface area contributed by atoms with Gasteiger partial charge in [0.05, 0.1) is 11.1 Å². The molecule has 0 fully saturated rings. The van der Waals surface area contributed by atoms with Gasteiger partial charge in [0.15, 0.2) is 23.2 Å². The first-order chi connectivity index (χ1) is 17.0. The fourth-order valence-corrected chi connectivity index (χ4v) is 3.89. The summed E-state index contributed by atoms with van der Waals surface area (Å²) in [6.45, 7) is 5.25. The van der Waals surface area contributed by atoms with Crippen LogP contribution in [0.25, 0.3) is 0 Å². The van der Waals surface area contributed by atoms with Gasteiger partial charge in [-0.25, -0.2) is 0 Å². The van der Waals surface area contributed by atoms with Crippen molar-refractivity contribution in [3.8, 4) is 0 Å². The molecule has 0 radical (unpaired) electrons. The molecule has 188 valence electrons. The standard InChI is InChI=1S/C24H26N6O6/c1-13(31)25-9-11-29(15(3)33)23-19-20(22(36)18-8-6-5-7-17(18)21(19)35)24(28-27-23)30(16(4)34)12-10-26-14(2)32/h5-8H,9-12H2,1-4H3,(H,25,31)(H,26,32). The summed E-state index contributed by atoms with van der Waals surface area (Å²) in [4.78, 5) is 77.2. The summed E-state index contributed by atoms with van der Waals surface area (Å²) in [5, 5.41) is 13.4. The van der Waals surface area contributed by atoms with E-state index in [1.165, 1.54) is 39.8 Å². The van der Waals surface area contributed by atoms with Gasteiger partial charge in [0.2, 0.25) is 23.6 Å². The van der Waals surface area contributed by atoms with Crippen LogP contribution in [0.1, 0.15) is 59.5 Å². The molecule has 1 aromatic heterocycles. The van der Waals surface area contributed by atoms with Gasteiger partial charge in [0, 0.05) is 65.0 Å². The number of aromatic nitrogens is 2. The predicted molar refractivity (Wildman–Crippen MR) is 129 cm³/mol. The smallest absolute Gasteiger partial charge is 0.225 e. The molecule has 36 heavy (non-hydrogen) atoms. The summed E-state index contributed by atoms with van der Waals surface area (Å²) < 4.78 is 0. The Kier molecular flexibility index (Phi) is 7.87. The van der Waals surface area contributed by atoms with E-state index in [0.717, 1.165) is 9.80 Å². The fraction of sp³-hybridized carbons (Fsp3) is 0.333. The van der Waals surface area contributed by atoms with Crippen LogP contribution < -0.4 is 20.4 Å². The van der Waals surface area contributed by atoms with Crippen LogP contribution >= 0.6 is 0 Å². The van der Waals surface area contributed by atoms with E-state index in [-0.39, 0.29) is 71.9 Å². The second kappa shape index (κ2) is 10.8. The Bertz CT molecular complexity index is 1180. The van der Waals surface area contributed by atoms with E-state index >= 15 is 0 Å². The first kappa shape index (κ1) is 26.1. The molecule has 0 bridgehead atoms. The van der Waals surface area contributed by atoms with Crippen LogP contribution in [0.3, 0.4) is 0 Å². The average Bonchev–Trinajstić information content (AvgIpc) is 2.81. The van der Waals surface area contributed by atoms with Crippen molar-refractivity contribution >= 4 is 46.8 Å². The summed E-state index contributed by atoms with van der Waals surface area (Å²) in [7, 11) is 0. The van der Waals surface area contributed by atoms with Gasteiger partial charge in [-0.2, -0.15) is 0 Å². The van der Waals surface area contributed by atoms with Crippen LogP contribution in [0.5, 0.6) is 0 Å². The maximum atomic E-state index is 13.6. The molecule has 2 aromatic rings. The van der Waals surface area contributed by atoms with E-state index in [1.54, 1.807) is 12.1 Å². The molecular formula is C24H26N6O6. The van der Waals surface area contributed by atoms with Crippen LogP contribution in [0.4, 0.5) is 11.6 Å². The van der Waals surface area contributed by atoms with Crippen molar-refractivity contribution < 1.29 is 28.8 Å². The molecule has 4 amide bonds. The zero-order chi connectivity index (χ0) is 26.6. The third kappa shape index (κ3) is 5.27. The predicted octanol–water partition coefficient (Wildman–Crippen LogP) is 0.230. The summed E-state index contributed by atoms with van der Waals surface area (Å²) in [6.07, 6.45) is 0. The van der Waals surface area contributed by atoms with Gasteiger partial charge < -0.3 is 10.6 Å². The number of hydrogen-bond donors (Lipinski definition) is 2.